The summed E-state index contributed by atoms with van der Waals surface area (Å²) in [5.74, 6) is 0. The lowest BCUT2D eigenvalue weighted by molar-refractivity contribution is 0.565. The Kier molecular flexibility index (Phi) is 1.21. The van der Waals surface area contributed by atoms with Gasteiger partial charge in [0, 0.05) is 11.6 Å². The van der Waals surface area contributed by atoms with Crippen LogP contribution in [0, 0.1) is 12.3 Å². The highest BCUT2D eigenvalue weighted by Crippen LogP contribution is 2.16. The number of nitrogens with zero attached hydrogens (tertiary/aromatic N) is 1. The molecule has 0 saturated heterocycles. The Labute approximate surface area is 55.3 Å². The van der Waals surface area contributed by atoms with E-state index in [1.54, 1.807) is 0 Å². The first-order chi connectivity index (χ1) is 4.11. The Bertz CT molecular complexity index is 169. The number of nitrogens with one attached hydrogen (secondary N) is 1. The molecule has 1 heterocycles. The zero-order valence-electron chi connectivity index (χ0n) is 5.95. The highest BCUT2D eigenvalue weighted by atomic mass is 15.1. The van der Waals surface area contributed by atoms with Gasteiger partial charge in [0.05, 0.1) is 0 Å². The van der Waals surface area contributed by atoms with Gasteiger partial charge in [-0.3, -0.25) is 0 Å². The molecule has 9 heavy (non-hydrogen) atoms. The third kappa shape index (κ3) is 1.23. The number of aromatic amines is 1. The Morgan fingerprint density at radius 1 is 1.44 bits per heavy atom. The number of hydrogen-bond donors (Lipinski definition) is 1. The molecule has 1 rings (SSSR count). The summed E-state index contributed by atoms with van der Waals surface area (Å²) in [7, 11) is 0. The Hall–Kier alpha value is -0.970. The van der Waals surface area contributed by atoms with E-state index >= 15 is 0 Å². The number of H-pyrrole nitrogens is 1. The standard InChI is InChI=1S/C7H10N2/c1-7(2,3)6-4-5-8-9-6/h8H,1-3H3. The summed E-state index contributed by atoms with van der Waals surface area (Å²) >= 11 is 0. The van der Waals surface area contributed by atoms with Crippen LogP contribution in [0.1, 0.15) is 26.5 Å². The molecule has 0 unspecified atom stereocenters. The SMILES string of the molecule is CC(C)(C)c1c#c[nH]n1. The maximum absolute atomic E-state index is 3.95. The van der Waals surface area contributed by atoms with Gasteiger partial charge in [-0.15, -0.1) is 0 Å². The van der Waals surface area contributed by atoms with E-state index in [4.69, 9.17) is 0 Å². The van der Waals surface area contributed by atoms with Crippen LogP contribution in [0.4, 0.5) is 0 Å². The van der Waals surface area contributed by atoms with Gasteiger partial charge in [-0.2, -0.15) is 5.10 Å². The lowest BCUT2D eigenvalue weighted by Gasteiger charge is -2.11. The second-order valence-corrected chi connectivity index (χ2v) is 3.07. The zero-order valence-corrected chi connectivity index (χ0v) is 5.95. The highest BCUT2D eigenvalue weighted by molar-refractivity contribution is 5.03. The van der Waals surface area contributed by atoms with E-state index in [1.807, 2.05) is 0 Å². The molecule has 2 heteroatoms. The minimum Gasteiger partial charge on any atom is -0.235 e. The second-order valence-electron chi connectivity index (χ2n) is 3.07. The van der Waals surface area contributed by atoms with Gasteiger partial charge in [-0.1, -0.05) is 20.8 Å². The molecule has 0 fully saturated rings. The summed E-state index contributed by atoms with van der Waals surface area (Å²) in [5.41, 5.74) is 1.03. The van der Waals surface area contributed by atoms with E-state index in [1.165, 1.54) is 0 Å². The lowest BCUT2D eigenvalue weighted by atomic mass is 9.93. The molecular formula is C7H10N2. The first kappa shape index (κ1) is 6.15. The summed E-state index contributed by atoms with van der Waals surface area (Å²) in [6.45, 7) is 6.27. The van der Waals surface area contributed by atoms with Gasteiger partial charge in [0.2, 0.25) is 0 Å². The van der Waals surface area contributed by atoms with Crippen LogP contribution >= 0.6 is 0 Å². The van der Waals surface area contributed by atoms with Crippen LogP contribution in [0.25, 0.3) is 0 Å². The Morgan fingerprint density at radius 3 is 2.33 bits per heavy atom. The maximum atomic E-state index is 3.95. The zero-order chi connectivity index (χ0) is 6.91. The van der Waals surface area contributed by atoms with Crippen molar-refractivity contribution in [2.45, 2.75) is 26.2 Å². The Balaban J connectivity index is 2.90. The van der Waals surface area contributed by atoms with Crippen molar-refractivity contribution in [1.29, 1.82) is 0 Å². The predicted molar refractivity (Wildman–Crippen MR) is 35.0 cm³/mol. The molecule has 0 amide bonds. The molecule has 1 N–H and O–H groups in total. The van der Waals surface area contributed by atoms with Crippen LogP contribution < -0.4 is 0 Å². The maximum Gasteiger partial charge on any atom is 0.118 e. The Morgan fingerprint density at radius 2 is 2.11 bits per heavy atom. The fourth-order valence-electron chi connectivity index (χ4n) is 0.554. The molecule has 0 atom stereocenters. The summed E-state index contributed by atoms with van der Waals surface area (Å²) in [6, 6.07) is 2.89. The monoisotopic (exact) mass is 122 g/mol. The minimum absolute atomic E-state index is 0.0938. The van der Waals surface area contributed by atoms with Crippen molar-refractivity contribution in [3.8, 4) is 0 Å². The van der Waals surface area contributed by atoms with Gasteiger partial charge in [0.1, 0.15) is 5.69 Å². The number of aromatic nitrogens is 2. The van der Waals surface area contributed by atoms with E-state index in [9.17, 15) is 0 Å². The van der Waals surface area contributed by atoms with Crippen molar-refractivity contribution in [3.63, 3.8) is 0 Å². The summed E-state index contributed by atoms with van der Waals surface area (Å²) in [6.07, 6.45) is 2.68. The average Bonchev–Trinajstić information content (AvgIpc) is 2.08. The highest BCUT2D eigenvalue weighted by Gasteiger charge is 2.14. The van der Waals surface area contributed by atoms with E-state index in [-0.39, 0.29) is 5.41 Å². The summed E-state index contributed by atoms with van der Waals surface area (Å²) in [5, 5.41) is 6.56. The fourth-order valence-corrected chi connectivity index (χ4v) is 0.554. The van der Waals surface area contributed by atoms with E-state index < -0.39 is 0 Å². The molecule has 0 radical (unpaired) electrons. The van der Waals surface area contributed by atoms with Crippen LogP contribution in [0.15, 0.2) is 0 Å². The van der Waals surface area contributed by atoms with Crippen molar-refractivity contribution in [1.82, 2.24) is 10.2 Å². The lowest BCUT2D eigenvalue weighted by Crippen LogP contribution is -2.11. The number of hydrogen-bond acceptors (Lipinski definition) is 1. The molecular weight excluding hydrogens is 112 g/mol. The minimum atomic E-state index is 0.0938. The molecule has 0 aliphatic heterocycles. The van der Waals surface area contributed by atoms with Crippen LogP contribution in [-0.2, 0) is 5.41 Å². The topological polar surface area (TPSA) is 28.7 Å². The van der Waals surface area contributed by atoms with Crippen molar-refractivity contribution < 1.29 is 0 Å². The first-order valence-corrected chi connectivity index (χ1v) is 2.95. The number of rotatable bonds is 0. The molecule has 0 aliphatic rings. The second kappa shape index (κ2) is 1.77. The van der Waals surface area contributed by atoms with Crippen molar-refractivity contribution in [2.75, 3.05) is 0 Å². The van der Waals surface area contributed by atoms with Crippen LogP contribution in [0.2, 0.25) is 0 Å². The molecule has 0 saturated carbocycles. The van der Waals surface area contributed by atoms with Crippen molar-refractivity contribution >= 4 is 0 Å². The third-order valence-electron chi connectivity index (χ3n) is 1.11. The van der Waals surface area contributed by atoms with Gasteiger partial charge in [0.25, 0.3) is 0 Å². The third-order valence-corrected chi connectivity index (χ3v) is 1.11. The molecule has 48 valence electrons. The van der Waals surface area contributed by atoms with E-state index in [0.29, 0.717) is 0 Å². The van der Waals surface area contributed by atoms with Crippen molar-refractivity contribution in [3.05, 3.63) is 18.0 Å². The van der Waals surface area contributed by atoms with E-state index in [0.717, 1.165) is 5.69 Å². The van der Waals surface area contributed by atoms with Gasteiger partial charge in [-0.05, 0) is 6.07 Å². The largest absolute Gasteiger partial charge is 0.235 e. The van der Waals surface area contributed by atoms with Crippen LogP contribution in [0.5, 0.6) is 0 Å². The van der Waals surface area contributed by atoms with Crippen LogP contribution in [-0.4, -0.2) is 10.2 Å². The molecule has 0 aromatic carbocycles. The van der Waals surface area contributed by atoms with Gasteiger partial charge in [-0.25, -0.2) is 5.10 Å². The molecule has 0 spiro atoms. The first-order valence-electron chi connectivity index (χ1n) is 2.95. The molecule has 1 aromatic heterocycles. The fraction of sp³-hybridized carbons (Fsp3) is 0.571. The van der Waals surface area contributed by atoms with Crippen molar-refractivity contribution in [2.24, 2.45) is 0 Å². The van der Waals surface area contributed by atoms with E-state index in [2.05, 4.69) is 43.2 Å². The quantitative estimate of drug-likeness (QED) is 0.552. The smallest absolute Gasteiger partial charge is 0.118 e. The summed E-state index contributed by atoms with van der Waals surface area (Å²) < 4.78 is 0. The van der Waals surface area contributed by atoms with Gasteiger partial charge >= 0.3 is 0 Å². The molecule has 1 aromatic rings. The van der Waals surface area contributed by atoms with Crippen LogP contribution in [0.3, 0.4) is 0 Å². The van der Waals surface area contributed by atoms with Gasteiger partial charge in [0.15, 0.2) is 0 Å². The predicted octanol–water partition coefficient (Wildman–Crippen LogP) is 1.31. The summed E-state index contributed by atoms with van der Waals surface area (Å²) in [4.78, 5) is 0. The molecule has 0 aliphatic carbocycles. The van der Waals surface area contributed by atoms with Gasteiger partial charge < -0.3 is 0 Å². The normalized spacial score (nSPS) is 11.0. The molecule has 0 bridgehead atoms. The molecule has 2 nitrogen and oxygen atoms in total. The average molecular weight is 122 g/mol.